The van der Waals surface area contributed by atoms with Crippen LogP contribution in [0.15, 0.2) is 18.2 Å². The lowest BCUT2D eigenvalue weighted by Crippen LogP contribution is -2.44. The molecule has 1 aromatic rings. The second kappa shape index (κ2) is 3.38. The van der Waals surface area contributed by atoms with Crippen molar-refractivity contribution in [2.45, 2.75) is 31.0 Å². The zero-order chi connectivity index (χ0) is 12.0. The number of hydrogen-bond donors (Lipinski definition) is 2. The van der Waals surface area contributed by atoms with Gasteiger partial charge in [-0.05, 0) is 31.4 Å². The lowest BCUT2D eigenvalue weighted by Gasteiger charge is -2.40. The smallest absolute Gasteiger partial charge is 0.416 e. The summed E-state index contributed by atoms with van der Waals surface area (Å²) in [7, 11) is 0. The quantitative estimate of drug-likeness (QED) is 0.780. The standard InChI is InChI=1S/C11H12F3NO/c12-11(13,14)7-3-1-4-8(16)9(7)10(15)5-2-6-10/h1,3-4,16H,2,5-6,15H2. The van der Waals surface area contributed by atoms with Crippen molar-refractivity contribution in [1.29, 1.82) is 0 Å². The molecule has 2 rings (SSSR count). The van der Waals surface area contributed by atoms with Gasteiger partial charge in [-0.15, -0.1) is 0 Å². The van der Waals surface area contributed by atoms with Gasteiger partial charge in [0.25, 0.3) is 0 Å². The van der Waals surface area contributed by atoms with Gasteiger partial charge in [0.15, 0.2) is 0 Å². The van der Waals surface area contributed by atoms with Crippen LogP contribution >= 0.6 is 0 Å². The predicted octanol–water partition coefficient (Wildman–Crippen LogP) is 2.75. The summed E-state index contributed by atoms with van der Waals surface area (Å²) in [5.41, 5.74) is 3.86. The topological polar surface area (TPSA) is 46.2 Å². The maximum absolute atomic E-state index is 12.8. The molecule has 5 heteroatoms. The van der Waals surface area contributed by atoms with E-state index in [2.05, 4.69) is 0 Å². The zero-order valence-electron chi connectivity index (χ0n) is 8.51. The van der Waals surface area contributed by atoms with Crippen molar-refractivity contribution >= 4 is 0 Å². The molecule has 0 bridgehead atoms. The molecule has 1 saturated carbocycles. The number of halogens is 3. The summed E-state index contributed by atoms with van der Waals surface area (Å²) in [5.74, 6) is -0.364. The summed E-state index contributed by atoms with van der Waals surface area (Å²) in [6.45, 7) is 0. The molecule has 1 aliphatic rings. The molecule has 0 unspecified atom stereocenters. The van der Waals surface area contributed by atoms with Gasteiger partial charge in [0.1, 0.15) is 5.75 Å². The minimum absolute atomic E-state index is 0.159. The molecule has 0 heterocycles. The highest BCUT2D eigenvalue weighted by Crippen LogP contribution is 2.47. The van der Waals surface area contributed by atoms with Crippen molar-refractivity contribution in [2.24, 2.45) is 5.73 Å². The van der Waals surface area contributed by atoms with Crippen LogP contribution in [0.25, 0.3) is 0 Å². The maximum atomic E-state index is 12.8. The Morgan fingerprint density at radius 1 is 1.25 bits per heavy atom. The third-order valence-corrected chi connectivity index (χ3v) is 3.09. The minimum Gasteiger partial charge on any atom is -0.508 e. The van der Waals surface area contributed by atoms with Crippen molar-refractivity contribution in [2.75, 3.05) is 0 Å². The van der Waals surface area contributed by atoms with E-state index in [1.54, 1.807) is 0 Å². The van der Waals surface area contributed by atoms with Crippen molar-refractivity contribution in [1.82, 2.24) is 0 Å². The minimum atomic E-state index is -4.48. The van der Waals surface area contributed by atoms with Crippen LogP contribution in [0, 0.1) is 0 Å². The molecule has 0 saturated heterocycles. The van der Waals surface area contributed by atoms with Crippen LogP contribution in [0.2, 0.25) is 0 Å². The number of aromatic hydroxyl groups is 1. The van der Waals surface area contributed by atoms with E-state index in [0.29, 0.717) is 12.8 Å². The highest BCUT2D eigenvalue weighted by Gasteiger charge is 2.44. The summed E-state index contributed by atoms with van der Waals surface area (Å²) < 4.78 is 38.3. The Kier molecular flexibility index (Phi) is 2.38. The largest absolute Gasteiger partial charge is 0.508 e. The van der Waals surface area contributed by atoms with Gasteiger partial charge in [0.05, 0.1) is 5.56 Å². The third-order valence-electron chi connectivity index (χ3n) is 3.09. The predicted molar refractivity (Wildman–Crippen MR) is 52.8 cm³/mol. The van der Waals surface area contributed by atoms with Gasteiger partial charge >= 0.3 is 6.18 Å². The Morgan fingerprint density at radius 2 is 1.88 bits per heavy atom. The van der Waals surface area contributed by atoms with E-state index in [4.69, 9.17) is 5.73 Å². The average Bonchev–Trinajstić information content (AvgIpc) is 2.12. The number of rotatable bonds is 1. The molecule has 0 spiro atoms. The van der Waals surface area contributed by atoms with E-state index < -0.39 is 17.3 Å². The number of benzene rings is 1. The summed E-state index contributed by atoms with van der Waals surface area (Å²) in [5, 5.41) is 9.58. The van der Waals surface area contributed by atoms with Crippen LogP contribution in [-0.4, -0.2) is 5.11 Å². The van der Waals surface area contributed by atoms with E-state index in [9.17, 15) is 18.3 Å². The molecule has 0 aliphatic heterocycles. The highest BCUT2D eigenvalue weighted by atomic mass is 19.4. The molecule has 0 amide bonds. The molecule has 1 fully saturated rings. The summed E-state index contributed by atoms with van der Waals surface area (Å²) >= 11 is 0. The molecule has 0 radical (unpaired) electrons. The second-order valence-electron chi connectivity index (χ2n) is 4.21. The van der Waals surface area contributed by atoms with E-state index in [1.165, 1.54) is 12.1 Å². The van der Waals surface area contributed by atoms with Crippen molar-refractivity contribution < 1.29 is 18.3 Å². The first-order valence-electron chi connectivity index (χ1n) is 5.03. The number of alkyl halides is 3. The average molecular weight is 231 g/mol. The Bertz CT molecular complexity index is 410. The first-order chi connectivity index (χ1) is 7.34. The summed E-state index contributed by atoms with van der Waals surface area (Å²) in [4.78, 5) is 0. The fourth-order valence-electron chi connectivity index (χ4n) is 2.11. The summed E-state index contributed by atoms with van der Waals surface area (Å²) in [6.07, 6.45) is -2.72. The molecule has 1 aliphatic carbocycles. The van der Waals surface area contributed by atoms with E-state index in [-0.39, 0.29) is 11.3 Å². The Morgan fingerprint density at radius 3 is 2.31 bits per heavy atom. The van der Waals surface area contributed by atoms with Crippen molar-refractivity contribution in [3.8, 4) is 5.75 Å². The molecular formula is C11H12F3NO. The van der Waals surface area contributed by atoms with Crippen LogP contribution < -0.4 is 5.73 Å². The Hall–Kier alpha value is -1.23. The van der Waals surface area contributed by atoms with Gasteiger partial charge in [-0.25, -0.2) is 0 Å². The monoisotopic (exact) mass is 231 g/mol. The maximum Gasteiger partial charge on any atom is 0.416 e. The van der Waals surface area contributed by atoms with Crippen LogP contribution in [0.3, 0.4) is 0 Å². The van der Waals surface area contributed by atoms with Crippen LogP contribution in [0.1, 0.15) is 30.4 Å². The Balaban J connectivity index is 2.58. The molecule has 0 aromatic heterocycles. The van der Waals surface area contributed by atoms with Crippen molar-refractivity contribution in [3.05, 3.63) is 29.3 Å². The van der Waals surface area contributed by atoms with Gasteiger partial charge < -0.3 is 10.8 Å². The van der Waals surface area contributed by atoms with Gasteiger partial charge in [-0.2, -0.15) is 13.2 Å². The fourth-order valence-corrected chi connectivity index (χ4v) is 2.11. The first-order valence-corrected chi connectivity index (χ1v) is 5.03. The molecule has 2 nitrogen and oxygen atoms in total. The number of phenols is 1. The normalized spacial score (nSPS) is 19.2. The second-order valence-corrected chi connectivity index (χ2v) is 4.21. The van der Waals surface area contributed by atoms with Crippen LogP contribution in [-0.2, 0) is 11.7 Å². The van der Waals surface area contributed by atoms with E-state index in [0.717, 1.165) is 12.5 Å². The molecular weight excluding hydrogens is 219 g/mol. The van der Waals surface area contributed by atoms with E-state index in [1.807, 2.05) is 0 Å². The van der Waals surface area contributed by atoms with E-state index >= 15 is 0 Å². The van der Waals surface area contributed by atoms with Gasteiger partial charge in [-0.3, -0.25) is 0 Å². The SMILES string of the molecule is NC1(c2c(O)cccc2C(F)(F)F)CCC1. The summed E-state index contributed by atoms with van der Waals surface area (Å²) in [6, 6.07) is 3.39. The molecule has 3 N–H and O–H groups in total. The molecule has 1 aromatic carbocycles. The third kappa shape index (κ3) is 1.65. The fraction of sp³-hybridized carbons (Fsp3) is 0.455. The van der Waals surface area contributed by atoms with Gasteiger partial charge in [0.2, 0.25) is 0 Å². The lowest BCUT2D eigenvalue weighted by atomic mass is 9.71. The zero-order valence-corrected chi connectivity index (χ0v) is 8.51. The highest BCUT2D eigenvalue weighted by molar-refractivity contribution is 5.46. The van der Waals surface area contributed by atoms with Crippen molar-refractivity contribution in [3.63, 3.8) is 0 Å². The van der Waals surface area contributed by atoms with Crippen LogP contribution in [0.4, 0.5) is 13.2 Å². The van der Waals surface area contributed by atoms with Crippen LogP contribution in [0.5, 0.6) is 5.75 Å². The molecule has 16 heavy (non-hydrogen) atoms. The van der Waals surface area contributed by atoms with Gasteiger partial charge in [-0.1, -0.05) is 6.07 Å². The Labute approximate surface area is 90.9 Å². The first kappa shape index (κ1) is 11.3. The molecule has 88 valence electrons. The molecule has 0 atom stereocenters. The number of hydrogen-bond acceptors (Lipinski definition) is 2. The van der Waals surface area contributed by atoms with Gasteiger partial charge in [0, 0.05) is 11.1 Å². The number of phenolic OH excluding ortho intramolecular Hbond substituents is 1. The lowest BCUT2D eigenvalue weighted by molar-refractivity contribution is -0.139. The number of nitrogens with two attached hydrogens (primary N) is 1.